The third-order valence-corrected chi connectivity index (χ3v) is 5.65. The lowest BCUT2D eigenvalue weighted by Gasteiger charge is -2.18. The molecule has 6 heteroatoms. The summed E-state index contributed by atoms with van der Waals surface area (Å²) in [5.41, 5.74) is 2.43. The van der Waals surface area contributed by atoms with Crippen LogP contribution in [-0.4, -0.2) is 35.5 Å². The van der Waals surface area contributed by atoms with E-state index in [0.29, 0.717) is 13.1 Å². The molecule has 0 saturated carbocycles. The van der Waals surface area contributed by atoms with E-state index in [9.17, 15) is 9.59 Å². The monoisotopic (exact) mass is 466 g/mol. The van der Waals surface area contributed by atoms with Crippen molar-refractivity contribution in [3.05, 3.63) is 118 Å². The lowest BCUT2D eigenvalue weighted by atomic mass is 9.96. The first-order valence-electron chi connectivity index (χ1n) is 10.1. The molecule has 0 amide bonds. The molecule has 2 aromatic rings. The zero-order valence-corrected chi connectivity index (χ0v) is 19.5. The highest BCUT2D eigenvalue weighted by molar-refractivity contribution is 6.56. The predicted molar refractivity (Wildman–Crippen MR) is 130 cm³/mol. The standard InChI is InChI=1S/C26H24Cl2N2O2/c1-29(17-19-9-5-3-6-10-19)15-13-21-23(27)26(32)22(24(28)25(21)31)14-16-30(2)18-20-11-7-4-8-12-20/h3-16H,17-18H2,1-2H3/b15-13+,16-14+. The minimum atomic E-state index is -0.467. The number of benzene rings is 2. The van der Waals surface area contributed by atoms with Crippen molar-refractivity contribution < 1.29 is 9.59 Å². The van der Waals surface area contributed by atoms with E-state index < -0.39 is 11.6 Å². The van der Waals surface area contributed by atoms with Crippen molar-refractivity contribution in [3.8, 4) is 0 Å². The Morgan fingerprint density at radius 2 is 1.00 bits per heavy atom. The van der Waals surface area contributed by atoms with Crippen LogP contribution in [0.5, 0.6) is 0 Å². The van der Waals surface area contributed by atoms with Crippen LogP contribution in [0.1, 0.15) is 11.1 Å². The van der Waals surface area contributed by atoms with Crippen LogP contribution in [0.15, 0.2) is 106 Å². The number of Topliss-reactive ketones (excluding diaryl/α,β-unsaturated/α-hetero) is 2. The van der Waals surface area contributed by atoms with Crippen LogP contribution in [0, 0.1) is 0 Å². The Bertz CT molecular complexity index is 1010. The number of carbonyl (C=O) groups is 2. The summed E-state index contributed by atoms with van der Waals surface area (Å²) in [4.78, 5) is 29.4. The van der Waals surface area contributed by atoms with Crippen molar-refractivity contribution in [1.82, 2.24) is 9.80 Å². The van der Waals surface area contributed by atoms with Crippen LogP contribution in [0.4, 0.5) is 0 Å². The van der Waals surface area contributed by atoms with E-state index in [-0.39, 0.29) is 21.2 Å². The van der Waals surface area contributed by atoms with Crippen LogP contribution >= 0.6 is 23.2 Å². The summed E-state index contributed by atoms with van der Waals surface area (Å²) in [6.45, 7) is 1.30. The van der Waals surface area contributed by atoms with Gasteiger partial charge >= 0.3 is 0 Å². The number of carbonyl (C=O) groups excluding carboxylic acids is 2. The van der Waals surface area contributed by atoms with Crippen LogP contribution < -0.4 is 0 Å². The zero-order chi connectivity index (χ0) is 23.1. The van der Waals surface area contributed by atoms with Crippen molar-refractivity contribution in [2.45, 2.75) is 13.1 Å². The quantitative estimate of drug-likeness (QED) is 0.487. The van der Waals surface area contributed by atoms with Gasteiger partial charge in [0.2, 0.25) is 11.6 Å². The third-order valence-electron chi connectivity index (χ3n) is 4.90. The maximum Gasteiger partial charge on any atom is 0.206 e. The van der Waals surface area contributed by atoms with Crippen LogP contribution in [-0.2, 0) is 22.7 Å². The van der Waals surface area contributed by atoms with Gasteiger partial charge in [-0.2, -0.15) is 0 Å². The zero-order valence-electron chi connectivity index (χ0n) is 18.0. The van der Waals surface area contributed by atoms with Gasteiger partial charge in [-0.25, -0.2) is 0 Å². The van der Waals surface area contributed by atoms with E-state index in [1.165, 1.54) is 12.2 Å². The Morgan fingerprint density at radius 1 is 0.656 bits per heavy atom. The van der Waals surface area contributed by atoms with Crippen LogP contribution in [0.25, 0.3) is 0 Å². The average molecular weight is 467 g/mol. The van der Waals surface area contributed by atoms with Gasteiger partial charge in [0.1, 0.15) is 0 Å². The molecule has 32 heavy (non-hydrogen) atoms. The van der Waals surface area contributed by atoms with Gasteiger partial charge in [0, 0.05) is 38.3 Å². The molecule has 3 rings (SSSR count). The number of hydrogen-bond acceptors (Lipinski definition) is 4. The summed E-state index contributed by atoms with van der Waals surface area (Å²) in [7, 11) is 3.75. The molecule has 0 radical (unpaired) electrons. The molecule has 1 aliphatic carbocycles. The van der Waals surface area contributed by atoms with Gasteiger partial charge in [-0.15, -0.1) is 0 Å². The number of halogens is 2. The van der Waals surface area contributed by atoms with E-state index >= 15 is 0 Å². The molecule has 0 unspecified atom stereocenters. The summed E-state index contributed by atoms with van der Waals surface area (Å²) < 4.78 is 0. The summed E-state index contributed by atoms with van der Waals surface area (Å²) in [5, 5.41) is -0.261. The van der Waals surface area contributed by atoms with Gasteiger partial charge in [-0.3, -0.25) is 9.59 Å². The molecule has 0 aromatic heterocycles. The highest BCUT2D eigenvalue weighted by atomic mass is 35.5. The topological polar surface area (TPSA) is 40.6 Å². The van der Waals surface area contributed by atoms with Crippen molar-refractivity contribution >= 4 is 34.8 Å². The second-order valence-corrected chi connectivity index (χ2v) is 8.30. The van der Waals surface area contributed by atoms with Gasteiger partial charge in [-0.1, -0.05) is 83.9 Å². The molecule has 2 aromatic carbocycles. The SMILES string of the molecule is CN(/C=C/C1=C(Cl)C(=O)C(/C=C/N(C)Cc2ccccc2)=C(Cl)C1=O)Cc1ccccc1. The van der Waals surface area contributed by atoms with Gasteiger partial charge in [0.05, 0.1) is 10.1 Å². The third kappa shape index (κ3) is 6.00. The molecule has 1 aliphatic rings. The highest BCUT2D eigenvalue weighted by Gasteiger charge is 2.30. The first kappa shape index (κ1) is 23.6. The molecule has 4 nitrogen and oxygen atoms in total. The second-order valence-electron chi connectivity index (χ2n) is 7.55. The Balaban J connectivity index is 1.70. The molecule has 0 aliphatic heterocycles. The molecular formula is C26H24Cl2N2O2. The van der Waals surface area contributed by atoms with Crippen LogP contribution in [0.3, 0.4) is 0 Å². The van der Waals surface area contributed by atoms with Crippen molar-refractivity contribution in [3.63, 3.8) is 0 Å². The molecule has 0 bridgehead atoms. The molecule has 0 saturated heterocycles. The minimum absolute atomic E-state index is 0.0939. The Labute approximate surface area is 198 Å². The van der Waals surface area contributed by atoms with Gasteiger partial charge in [0.15, 0.2) is 0 Å². The smallest absolute Gasteiger partial charge is 0.206 e. The van der Waals surface area contributed by atoms with Crippen LogP contribution in [0.2, 0.25) is 0 Å². The number of ketones is 2. The maximum atomic E-state index is 12.8. The highest BCUT2D eigenvalue weighted by Crippen LogP contribution is 2.31. The molecule has 0 N–H and O–H groups in total. The molecule has 0 spiro atoms. The van der Waals surface area contributed by atoms with Crippen molar-refractivity contribution in [2.75, 3.05) is 14.1 Å². The maximum absolute atomic E-state index is 12.8. The normalized spacial score (nSPS) is 14.8. The first-order chi connectivity index (χ1) is 15.4. The van der Waals surface area contributed by atoms with Gasteiger partial charge < -0.3 is 9.80 Å². The van der Waals surface area contributed by atoms with Crippen molar-refractivity contribution in [1.29, 1.82) is 0 Å². The number of rotatable bonds is 8. The van der Waals surface area contributed by atoms with E-state index in [1.807, 2.05) is 84.6 Å². The van der Waals surface area contributed by atoms with E-state index in [0.717, 1.165) is 11.1 Å². The molecule has 0 heterocycles. The predicted octanol–water partition coefficient (Wildman–Crippen LogP) is 5.42. The molecular weight excluding hydrogens is 443 g/mol. The van der Waals surface area contributed by atoms with Gasteiger partial charge in [-0.05, 0) is 35.7 Å². The van der Waals surface area contributed by atoms with E-state index in [4.69, 9.17) is 23.2 Å². The second kappa shape index (κ2) is 11.0. The fraction of sp³-hybridized carbons (Fsp3) is 0.154. The Kier molecular flexibility index (Phi) is 8.09. The lowest BCUT2D eigenvalue weighted by molar-refractivity contribution is -0.115. The molecule has 0 atom stereocenters. The number of nitrogens with zero attached hydrogens (tertiary/aromatic N) is 2. The summed E-state index contributed by atoms with van der Waals surface area (Å²) >= 11 is 12.6. The molecule has 0 fully saturated rings. The fourth-order valence-corrected chi connectivity index (χ4v) is 3.73. The Hall–Kier alpha value is -3.08. The average Bonchev–Trinajstić information content (AvgIpc) is 2.79. The lowest BCUT2D eigenvalue weighted by Crippen LogP contribution is -2.19. The summed E-state index contributed by atoms with van der Waals surface area (Å²) in [6.07, 6.45) is 6.51. The van der Waals surface area contributed by atoms with Gasteiger partial charge in [0.25, 0.3) is 0 Å². The largest absolute Gasteiger partial charge is 0.376 e. The fourth-order valence-electron chi connectivity index (χ4n) is 3.23. The van der Waals surface area contributed by atoms with E-state index in [2.05, 4.69) is 0 Å². The molecule has 164 valence electrons. The Morgan fingerprint density at radius 3 is 1.34 bits per heavy atom. The number of allylic oxidation sites excluding steroid dienone is 6. The van der Waals surface area contributed by atoms with Crippen molar-refractivity contribution in [2.24, 2.45) is 0 Å². The summed E-state index contributed by atoms with van der Waals surface area (Å²) in [5.74, 6) is -0.933. The number of hydrogen-bond donors (Lipinski definition) is 0. The minimum Gasteiger partial charge on any atom is -0.376 e. The summed E-state index contributed by atoms with van der Waals surface area (Å²) in [6, 6.07) is 19.8. The van der Waals surface area contributed by atoms with E-state index in [1.54, 1.807) is 12.4 Å². The first-order valence-corrected chi connectivity index (χ1v) is 10.9.